The molecule has 0 amide bonds. The Morgan fingerprint density at radius 3 is 2.39 bits per heavy atom. The van der Waals surface area contributed by atoms with Gasteiger partial charge in [-0.05, 0) is 45.4 Å². The van der Waals surface area contributed by atoms with E-state index in [9.17, 15) is 0 Å². The minimum Gasteiger partial charge on any atom is -0.385 e. The van der Waals surface area contributed by atoms with E-state index in [1.807, 2.05) is 0 Å². The second-order valence-corrected chi connectivity index (χ2v) is 6.17. The zero-order chi connectivity index (χ0) is 12.9. The predicted octanol–water partition coefficient (Wildman–Crippen LogP) is 2.51. The number of nitrogens with two attached hydrogens (primary N) is 1. The highest BCUT2D eigenvalue weighted by Gasteiger charge is 2.36. The van der Waals surface area contributed by atoms with Gasteiger partial charge in [-0.25, -0.2) is 0 Å². The first-order valence-corrected chi connectivity index (χ1v) is 6.44. The lowest BCUT2D eigenvalue weighted by Crippen LogP contribution is -2.46. The molecular weight excluding hydrogens is 341 g/mol. The van der Waals surface area contributed by atoms with E-state index in [2.05, 4.69) is 31.1 Å². The van der Waals surface area contributed by atoms with Gasteiger partial charge < -0.3 is 15.8 Å². The van der Waals surface area contributed by atoms with Crippen molar-refractivity contribution in [2.45, 2.75) is 52.0 Å². The van der Waals surface area contributed by atoms with Gasteiger partial charge in [0.2, 0.25) is 0 Å². The maximum absolute atomic E-state index is 5.88. The molecule has 0 aromatic heterocycles. The van der Waals surface area contributed by atoms with Crippen molar-refractivity contribution in [3.63, 3.8) is 0 Å². The molecule has 0 spiro atoms. The molecule has 108 valence electrons. The number of ether oxygens (including phenoxy) is 1. The van der Waals surface area contributed by atoms with Gasteiger partial charge in [0.25, 0.3) is 0 Å². The normalized spacial score (nSPS) is 18.8. The Labute approximate surface area is 128 Å². The number of hydrogen-bond acceptors (Lipinski definition) is 2. The number of hydrogen-bond donors (Lipinski definition) is 2. The second kappa shape index (κ2) is 7.53. The number of methoxy groups -OCH3 is 1. The largest absolute Gasteiger partial charge is 0.385 e. The quantitative estimate of drug-likeness (QED) is 0.445. The van der Waals surface area contributed by atoms with E-state index in [1.54, 1.807) is 7.11 Å². The molecule has 3 N–H and O–H groups in total. The van der Waals surface area contributed by atoms with E-state index in [0.717, 1.165) is 19.6 Å². The topological polar surface area (TPSA) is 59.6 Å². The first-order valence-electron chi connectivity index (χ1n) is 6.44. The average molecular weight is 369 g/mol. The summed E-state index contributed by atoms with van der Waals surface area (Å²) < 4.78 is 5.17. The molecule has 0 aromatic rings. The van der Waals surface area contributed by atoms with Crippen LogP contribution in [0.4, 0.5) is 0 Å². The molecule has 1 saturated carbocycles. The number of halogens is 1. The summed E-state index contributed by atoms with van der Waals surface area (Å²) in [6.45, 7) is 7.89. The van der Waals surface area contributed by atoms with Crippen molar-refractivity contribution in [3.8, 4) is 0 Å². The fraction of sp³-hybridized carbons (Fsp3) is 0.923. The van der Waals surface area contributed by atoms with Crippen molar-refractivity contribution < 1.29 is 4.74 Å². The summed E-state index contributed by atoms with van der Waals surface area (Å²) in [6, 6.07) is 0. The summed E-state index contributed by atoms with van der Waals surface area (Å²) in [6.07, 6.45) is 4.91. The highest BCUT2D eigenvalue weighted by molar-refractivity contribution is 14.0. The fourth-order valence-electron chi connectivity index (χ4n) is 2.16. The number of rotatable bonds is 5. The third-order valence-electron chi connectivity index (χ3n) is 3.34. The maximum Gasteiger partial charge on any atom is 0.189 e. The van der Waals surface area contributed by atoms with Crippen molar-refractivity contribution in [2.75, 3.05) is 20.3 Å². The second-order valence-electron chi connectivity index (χ2n) is 6.17. The fourth-order valence-corrected chi connectivity index (χ4v) is 2.16. The van der Waals surface area contributed by atoms with Gasteiger partial charge in [-0.15, -0.1) is 24.0 Å². The van der Waals surface area contributed by atoms with Crippen LogP contribution < -0.4 is 11.1 Å². The molecule has 4 nitrogen and oxygen atoms in total. The van der Waals surface area contributed by atoms with E-state index >= 15 is 0 Å². The SMILES string of the molecule is COCCC1(CN=C(N)NC(C)(C)C)CCC1.I. The lowest BCUT2D eigenvalue weighted by Gasteiger charge is -2.40. The van der Waals surface area contributed by atoms with Gasteiger partial charge in [0.15, 0.2) is 5.96 Å². The summed E-state index contributed by atoms with van der Waals surface area (Å²) in [7, 11) is 1.76. The Morgan fingerprint density at radius 2 is 2.00 bits per heavy atom. The van der Waals surface area contributed by atoms with Gasteiger partial charge >= 0.3 is 0 Å². The lowest BCUT2D eigenvalue weighted by atomic mass is 9.67. The van der Waals surface area contributed by atoms with Gasteiger partial charge in [0.05, 0.1) is 0 Å². The summed E-state index contributed by atoms with van der Waals surface area (Å²) >= 11 is 0. The minimum absolute atomic E-state index is 0. The third kappa shape index (κ3) is 6.22. The molecule has 0 atom stereocenters. The summed E-state index contributed by atoms with van der Waals surface area (Å²) in [5.41, 5.74) is 6.21. The van der Waals surface area contributed by atoms with Gasteiger partial charge in [-0.3, -0.25) is 4.99 Å². The molecule has 1 rings (SSSR count). The van der Waals surface area contributed by atoms with Gasteiger partial charge in [-0.1, -0.05) is 6.42 Å². The van der Waals surface area contributed by atoms with Crippen LogP contribution in [0.2, 0.25) is 0 Å². The molecule has 0 heterocycles. The molecule has 0 radical (unpaired) electrons. The Balaban J connectivity index is 0.00000289. The van der Waals surface area contributed by atoms with E-state index in [0.29, 0.717) is 11.4 Å². The molecule has 1 aliphatic rings. The first-order chi connectivity index (χ1) is 7.87. The highest BCUT2D eigenvalue weighted by Crippen LogP contribution is 2.44. The molecular formula is C13H28IN3O. The average Bonchev–Trinajstić information content (AvgIpc) is 2.13. The van der Waals surface area contributed by atoms with Crippen LogP contribution in [0, 0.1) is 5.41 Å². The van der Waals surface area contributed by atoms with Crippen LogP contribution in [0.3, 0.4) is 0 Å². The zero-order valence-corrected chi connectivity index (χ0v) is 14.4. The maximum atomic E-state index is 5.88. The highest BCUT2D eigenvalue weighted by atomic mass is 127. The van der Waals surface area contributed by atoms with Crippen LogP contribution in [0.5, 0.6) is 0 Å². The Bertz CT molecular complexity index is 270. The molecule has 5 heteroatoms. The lowest BCUT2D eigenvalue weighted by molar-refractivity contribution is 0.0778. The molecule has 0 saturated heterocycles. The third-order valence-corrected chi connectivity index (χ3v) is 3.34. The van der Waals surface area contributed by atoms with Crippen LogP contribution in [0.1, 0.15) is 46.5 Å². The predicted molar refractivity (Wildman–Crippen MR) is 87.6 cm³/mol. The standard InChI is InChI=1S/C13H27N3O.HI/c1-12(2,3)16-11(14)15-10-13(6-5-7-13)8-9-17-4;/h5-10H2,1-4H3,(H3,14,15,16);1H. The minimum atomic E-state index is -0.0209. The number of nitrogens with zero attached hydrogens (tertiary/aromatic N) is 1. The summed E-state index contributed by atoms with van der Waals surface area (Å²) in [5.74, 6) is 0.557. The monoisotopic (exact) mass is 369 g/mol. The van der Waals surface area contributed by atoms with Crippen LogP contribution in [0.15, 0.2) is 4.99 Å². The van der Waals surface area contributed by atoms with Gasteiger partial charge in [-0.2, -0.15) is 0 Å². The molecule has 1 fully saturated rings. The summed E-state index contributed by atoms with van der Waals surface area (Å²) in [4.78, 5) is 4.48. The van der Waals surface area contributed by atoms with Crippen molar-refractivity contribution in [2.24, 2.45) is 16.1 Å². The number of aliphatic imine (C=N–C) groups is 1. The number of guanidine groups is 1. The van der Waals surface area contributed by atoms with Crippen molar-refractivity contribution >= 4 is 29.9 Å². The molecule has 0 aromatic carbocycles. The van der Waals surface area contributed by atoms with E-state index in [4.69, 9.17) is 10.5 Å². The van der Waals surface area contributed by atoms with Crippen molar-refractivity contribution in [1.29, 1.82) is 0 Å². The van der Waals surface area contributed by atoms with Crippen molar-refractivity contribution in [3.05, 3.63) is 0 Å². The number of nitrogens with one attached hydrogen (secondary N) is 1. The van der Waals surface area contributed by atoms with E-state index in [1.165, 1.54) is 19.3 Å². The summed E-state index contributed by atoms with van der Waals surface area (Å²) in [5, 5.41) is 3.19. The Kier molecular flexibility index (Phi) is 7.51. The zero-order valence-electron chi connectivity index (χ0n) is 12.1. The molecule has 18 heavy (non-hydrogen) atoms. The first kappa shape index (κ1) is 18.0. The van der Waals surface area contributed by atoms with Crippen LogP contribution >= 0.6 is 24.0 Å². The Morgan fingerprint density at radius 1 is 1.39 bits per heavy atom. The van der Waals surface area contributed by atoms with Crippen LogP contribution in [-0.4, -0.2) is 31.8 Å². The molecule has 0 unspecified atom stereocenters. The Hall–Kier alpha value is -0.0400. The molecule has 0 bridgehead atoms. The van der Waals surface area contributed by atoms with E-state index < -0.39 is 0 Å². The molecule has 1 aliphatic carbocycles. The van der Waals surface area contributed by atoms with Crippen LogP contribution in [-0.2, 0) is 4.74 Å². The molecule has 0 aliphatic heterocycles. The van der Waals surface area contributed by atoms with Crippen molar-refractivity contribution in [1.82, 2.24) is 5.32 Å². The van der Waals surface area contributed by atoms with E-state index in [-0.39, 0.29) is 29.5 Å². The van der Waals surface area contributed by atoms with Gasteiger partial charge in [0, 0.05) is 25.8 Å². The smallest absolute Gasteiger partial charge is 0.189 e. The van der Waals surface area contributed by atoms with Gasteiger partial charge in [0.1, 0.15) is 0 Å². The van der Waals surface area contributed by atoms with Crippen LogP contribution in [0.25, 0.3) is 0 Å².